The van der Waals surface area contributed by atoms with Crippen LogP contribution in [0, 0.1) is 26.7 Å². The van der Waals surface area contributed by atoms with E-state index in [2.05, 4.69) is 5.32 Å². The summed E-state index contributed by atoms with van der Waals surface area (Å²) >= 11 is 1.38. The lowest BCUT2D eigenvalue weighted by Crippen LogP contribution is -2.43. The molecule has 3 rings (SSSR count). The van der Waals surface area contributed by atoms with Crippen molar-refractivity contribution in [2.24, 2.45) is 5.92 Å². The smallest absolute Gasteiger partial charge is 0.341 e. The zero-order chi connectivity index (χ0) is 21.8. The van der Waals surface area contributed by atoms with Crippen LogP contribution in [0.3, 0.4) is 0 Å². The lowest BCUT2D eigenvalue weighted by atomic mass is 9.96. The number of thiophene rings is 1. The van der Waals surface area contributed by atoms with Crippen LogP contribution in [0.2, 0.25) is 0 Å². The number of hydrogen-bond donors (Lipinski definition) is 1. The Morgan fingerprint density at radius 3 is 2.53 bits per heavy atom. The third-order valence-corrected chi connectivity index (χ3v) is 6.60. The summed E-state index contributed by atoms with van der Waals surface area (Å²) in [6, 6.07) is 7.48. The number of piperidine rings is 1. The minimum absolute atomic E-state index is 0.0532. The molecule has 1 unspecified atom stereocenters. The molecule has 2 amide bonds. The quantitative estimate of drug-likeness (QED) is 0.719. The molecule has 160 valence electrons. The molecule has 0 saturated carbocycles. The molecule has 2 heterocycles. The second kappa shape index (κ2) is 9.43. The van der Waals surface area contributed by atoms with E-state index in [1.54, 1.807) is 11.8 Å². The van der Waals surface area contributed by atoms with Crippen LogP contribution in [0.15, 0.2) is 24.3 Å². The summed E-state index contributed by atoms with van der Waals surface area (Å²) in [5.74, 6) is -0.953. The average Bonchev–Trinajstić information content (AvgIpc) is 3.01. The molecule has 1 aromatic carbocycles. The summed E-state index contributed by atoms with van der Waals surface area (Å²) in [6.45, 7) is 8.80. The second-order valence-electron chi connectivity index (χ2n) is 7.65. The zero-order valence-electron chi connectivity index (χ0n) is 17.9. The molecule has 1 atom stereocenters. The number of aryl methyl sites for hydroxylation is 2. The molecular weight excluding hydrogens is 400 g/mol. The Bertz CT molecular complexity index is 949. The van der Waals surface area contributed by atoms with Gasteiger partial charge in [-0.2, -0.15) is 0 Å². The molecule has 0 bridgehead atoms. The molecule has 30 heavy (non-hydrogen) atoms. The summed E-state index contributed by atoms with van der Waals surface area (Å²) < 4.78 is 5.16. The highest BCUT2D eigenvalue weighted by Crippen LogP contribution is 2.34. The molecular formula is C23H28N2O4S. The molecule has 1 aliphatic heterocycles. The van der Waals surface area contributed by atoms with Gasteiger partial charge in [0.15, 0.2) is 0 Å². The number of ether oxygens (including phenoxy) is 1. The minimum atomic E-state index is -0.422. The standard InChI is InChI=1S/C23H28N2O4S/c1-5-29-23(28)19-15(3)16(4)30-21(19)24-20(26)18-7-6-12-25(13-18)22(27)17-10-8-14(2)9-11-17/h8-11,18H,5-7,12-13H2,1-4H3,(H,24,26). The highest BCUT2D eigenvalue weighted by atomic mass is 32.1. The van der Waals surface area contributed by atoms with Crippen LogP contribution in [0.5, 0.6) is 0 Å². The van der Waals surface area contributed by atoms with Crippen LogP contribution in [0.1, 0.15) is 56.5 Å². The highest BCUT2D eigenvalue weighted by Gasteiger charge is 2.30. The number of anilines is 1. The van der Waals surface area contributed by atoms with Crippen LogP contribution in [0.25, 0.3) is 0 Å². The van der Waals surface area contributed by atoms with Gasteiger partial charge < -0.3 is 15.0 Å². The first kappa shape index (κ1) is 22.0. The van der Waals surface area contributed by atoms with Gasteiger partial charge in [-0.3, -0.25) is 9.59 Å². The van der Waals surface area contributed by atoms with Gasteiger partial charge in [-0.25, -0.2) is 4.79 Å². The third-order valence-electron chi connectivity index (χ3n) is 5.48. The van der Waals surface area contributed by atoms with Crippen molar-refractivity contribution in [1.82, 2.24) is 4.90 Å². The van der Waals surface area contributed by atoms with Gasteiger partial charge >= 0.3 is 5.97 Å². The Morgan fingerprint density at radius 1 is 1.17 bits per heavy atom. The molecule has 0 radical (unpaired) electrons. The van der Waals surface area contributed by atoms with Gasteiger partial charge in [0.05, 0.1) is 18.1 Å². The van der Waals surface area contributed by atoms with Gasteiger partial charge in [0.25, 0.3) is 5.91 Å². The SMILES string of the molecule is CCOC(=O)c1c(NC(=O)C2CCCN(C(=O)c3ccc(C)cc3)C2)sc(C)c1C. The maximum absolute atomic E-state index is 13.0. The Labute approximate surface area is 181 Å². The molecule has 6 nitrogen and oxygen atoms in total. The van der Waals surface area contributed by atoms with Crippen LogP contribution in [0.4, 0.5) is 5.00 Å². The summed E-state index contributed by atoms with van der Waals surface area (Å²) in [7, 11) is 0. The number of esters is 1. The summed E-state index contributed by atoms with van der Waals surface area (Å²) in [5, 5.41) is 3.45. The van der Waals surface area contributed by atoms with Gasteiger partial charge in [-0.15, -0.1) is 11.3 Å². The van der Waals surface area contributed by atoms with Crippen LogP contribution in [-0.4, -0.2) is 42.4 Å². The van der Waals surface area contributed by atoms with E-state index >= 15 is 0 Å². The maximum atomic E-state index is 13.0. The predicted molar refractivity (Wildman–Crippen MR) is 118 cm³/mol. The van der Waals surface area contributed by atoms with Crippen molar-refractivity contribution in [2.45, 2.75) is 40.5 Å². The largest absolute Gasteiger partial charge is 0.462 e. The van der Waals surface area contributed by atoms with Crippen molar-refractivity contribution in [3.8, 4) is 0 Å². The Hall–Kier alpha value is -2.67. The second-order valence-corrected chi connectivity index (χ2v) is 8.88. The Balaban J connectivity index is 1.72. The van der Waals surface area contributed by atoms with E-state index < -0.39 is 5.97 Å². The molecule has 1 aromatic heterocycles. The summed E-state index contributed by atoms with van der Waals surface area (Å²) in [6.07, 6.45) is 1.48. The molecule has 2 aromatic rings. The summed E-state index contributed by atoms with van der Waals surface area (Å²) in [4.78, 5) is 40.9. The average molecular weight is 429 g/mol. The van der Waals surface area contributed by atoms with Crippen molar-refractivity contribution in [3.05, 3.63) is 51.4 Å². The van der Waals surface area contributed by atoms with E-state index in [-0.39, 0.29) is 24.3 Å². The number of amides is 2. The van der Waals surface area contributed by atoms with E-state index in [1.807, 2.05) is 45.0 Å². The maximum Gasteiger partial charge on any atom is 0.341 e. The van der Waals surface area contributed by atoms with Crippen LogP contribution < -0.4 is 5.32 Å². The fourth-order valence-electron chi connectivity index (χ4n) is 3.63. The first-order chi connectivity index (χ1) is 14.3. The van der Waals surface area contributed by atoms with Gasteiger partial charge in [0.1, 0.15) is 5.00 Å². The molecule has 0 spiro atoms. The van der Waals surface area contributed by atoms with Crippen LogP contribution in [-0.2, 0) is 9.53 Å². The fourth-order valence-corrected chi connectivity index (χ4v) is 4.68. The number of hydrogen-bond acceptors (Lipinski definition) is 5. The number of carbonyl (C=O) groups excluding carboxylic acids is 3. The molecule has 0 aliphatic carbocycles. The predicted octanol–water partition coefficient (Wildman–Crippen LogP) is 4.34. The van der Waals surface area contributed by atoms with E-state index in [1.165, 1.54) is 11.3 Å². The number of rotatable bonds is 5. The van der Waals surface area contributed by atoms with Crippen molar-refractivity contribution in [3.63, 3.8) is 0 Å². The lowest BCUT2D eigenvalue weighted by Gasteiger charge is -2.32. The number of carbonyl (C=O) groups is 3. The minimum Gasteiger partial charge on any atom is -0.462 e. The Morgan fingerprint density at radius 2 is 1.87 bits per heavy atom. The Kier molecular flexibility index (Phi) is 6.92. The third kappa shape index (κ3) is 4.73. The number of likely N-dealkylation sites (tertiary alicyclic amines) is 1. The number of nitrogens with one attached hydrogen (secondary N) is 1. The molecule has 1 N–H and O–H groups in total. The van der Waals surface area contributed by atoms with Gasteiger partial charge in [0.2, 0.25) is 5.91 Å². The van der Waals surface area contributed by atoms with E-state index in [4.69, 9.17) is 4.74 Å². The molecule has 1 fully saturated rings. The topological polar surface area (TPSA) is 75.7 Å². The van der Waals surface area contributed by atoms with E-state index in [0.717, 1.165) is 22.4 Å². The number of benzene rings is 1. The van der Waals surface area contributed by atoms with Gasteiger partial charge in [-0.05, 0) is 58.2 Å². The highest BCUT2D eigenvalue weighted by molar-refractivity contribution is 7.16. The van der Waals surface area contributed by atoms with Crippen LogP contribution >= 0.6 is 11.3 Å². The zero-order valence-corrected chi connectivity index (χ0v) is 18.7. The van der Waals surface area contributed by atoms with Crippen molar-refractivity contribution in [1.29, 1.82) is 0 Å². The lowest BCUT2D eigenvalue weighted by molar-refractivity contribution is -0.121. The monoisotopic (exact) mass is 428 g/mol. The van der Waals surface area contributed by atoms with Gasteiger partial charge in [0, 0.05) is 23.5 Å². The first-order valence-electron chi connectivity index (χ1n) is 10.3. The summed E-state index contributed by atoms with van der Waals surface area (Å²) in [5.41, 5.74) is 2.99. The fraction of sp³-hybridized carbons (Fsp3) is 0.435. The number of nitrogens with zero attached hydrogens (tertiary/aromatic N) is 1. The van der Waals surface area contributed by atoms with Crippen molar-refractivity contribution < 1.29 is 19.1 Å². The van der Waals surface area contributed by atoms with Crippen molar-refractivity contribution in [2.75, 3.05) is 25.0 Å². The van der Waals surface area contributed by atoms with E-state index in [0.29, 0.717) is 35.6 Å². The normalized spacial score (nSPS) is 16.3. The van der Waals surface area contributed by atoms with Gasteiger partial charge in [-0.1, -0.05) is 17.7 Å². The molecule has 1 aliphatic rings. The van der Waals surface area contributed by atoms with Crippen molar-refractivity contribution >= 4 is 34.1 Å². The first-order valence-corrected chi connectivity index (χ1v) is 11.1. The molecule has 1 saturated heterocycles. The van der Waals surface area contributed by atoms with E-state index in [9.17, 15) is 14.4 Å². The molecule has 7 heteroatoms.